The Morgan fingerprint density at radius 3 is 2.70 bits per heavy atom. The lowest BCUT2D eigenvalue weighted by Crippen LogP contribution is -2.53. The summed E-state index contributed by atoms with van der Waals surface area (Å²) in [5.74, 6) is 1.29. The van der Waals surface area contributed by atoms with Crippen LogP contribution < -0.4 is 11.1 Å². The first-order chi connectivity index (χ1) is 9.72. The van der Waals surface area contributed by atoms with Crippen LogP contribution in [0.2, 0.25) is 0 Å². The highest BCUT2D eigenvalue weighted by Gasteiger charge is 2.30. The highest BCUT2D eigenvalue weighted by Crippen LogP contribution is 2.25. The van der Waals surface area contributed by atoms with Crippen LogP contribution in [0.4, 0.5) is 0 Å². The van der Waals surface area contributed by atoms with Crippen molar-refractivity contribution in [2.24, 2.45) is 17.6 Å². The number of aliphatic hydroxyl groups is 1. The minimum Gasteiger partial charge on any atom is -0.393 e. The lowest BCUT2D eigenvalue weighted by molar-refractivity contribution is 0.0361. The van der Waals surface area contributed by atoms with E-state index in [0.717, 1.165) is 44.9 Å². The van der Waals surface area contributed by atoms with Gasteiger partial charge in [0.25, 0.3) is 0 Å². The maximum Gasteiger partial charge on any atom is 0.0578 e. The van der Waals surface area contributed by atoms with Gasteiger partial charge in [0, 0.05) is 32.2 Å². The molecule has 0 amide bonds. The van der Waals surface area contributed by atoms with Gasteiger partial charge in [0.15, 0.2) is 0 Å². The number of likely N-dealkylation sites (tertiary alicyclic amines) is 1. The molecule has 0 aromatic rings. The molecule has 0 spiro atoms. The third kappa shape index (κ3) is 4.69. The smallest absolute Gasteiger partial charge is 0.0578 e. The Bertz CT molecular complexity index is 268. The number of rotatable bonds is 7. The number of aliphatic hydroxyl groups excluding tert-OH is 1. The van der Waals surface area contributed by atoms with Crippen LogP contribution in [0.5, 0.6) is 0 Å². The summed E-state index contributed by atoms with van der Waals surface area (Å²) >= 11 is 0. The fourth-order valence-corrected chi connectivity index (χ4v) is 3.91. The summed E-state index contributed by atoms with van der Waals surface area (Å²) in [5.41, 5.74) is 5.71. The van der Waals surface area contributed by atoms with Crippen molar-refractivity contribution in [3.63, 3.8) is 0 Å². The topological polar surface area (TPSA) is 61.5 Å². The Labute approximate surface area is 124 Å². The van der Waals surface area contributed by atoms with Crippen molar-refractivity contribution in [1.29, 1.82) is 0 Å². The fraction of sp³-hybridized carbons (Fsp3) is 1.00. The molecule has 4 heteroatoms. The maximum absolute atomic E-state index is 10.2. The van der Waals surface area contributed by atoms with Crippen LogP contribution in [0.15, 0.2) is 0 Å². The van der Waals surface area contributed by atoms with Crippen molar-refractivity contribution in [2.45, 2.75) is 57.6 Å². The van der Waals surface area contributed by atoms with Crippen molar-refractivity contribution >= 4 is 0 Å². The molecule has 1 saturated carbocycles. The third-order valence-corrected chi connectivity index (χ3v) is 5.14. The molecule has 0 aromatic carbocycles. The summed E-state index contributed by atoms with van der Waals surface area (Å²) in [6, 6.07) is 0.530. The zero-order valence-corrected chi connectivity index (χ0v) is 13.1. The molecule has 0 radical (unpaired) electrons. The number of nitrogens with zero attached hydrogens (tertiary/aromatic N) is 1. The Morgan fingerprint density at radius 2 is 2.05 bits per heavy atom. The average molecular weight is 283 g/mol. The molecule has 1 heterocycles. The third-order valence-electron chi connectivity index (χ3n) is 5.14. The van der Waals surface area contributed by atoms with Gasteiger partial charge < -0.3 is 21.1 Å². The van der Waals surface area contributed by atoms with Gasteiger partial charge in [-0.05, 0) is 44.1 Å². The molecular formula is C16H33N3O. The first-order valence-corrected chi connectivity index (χ1v) is 8.56. The molecule has 0 bridgehead atoms. The number of nitrogens with two attached hydrogens (primary N) is 1. The van der Waals surface area contributed by atoms with Gasteiger partial charge in [-0.1, -0.05) is 19.8 Å². The summed E-state index contributed by atoms with van der Waals surface area (Å²) < 4.78 is 0. The second-order valence-corrected chi connectivity index (χ2v) is 6.78. The maximum atomic E-state index is 10.2. The van der Waals surface area contributed by atoms with Gasteiger partial charge >= 0.3 is 0 Å². The normalized spacial score (nSPS) is 30.8. The van der Waals surface area contributed by atoms with Gasteiger partial charge in [0.2, 0.25) is 0 Å². The first kappa shape index (κ1) is 16.2. The molecule has 4 nitrogen and oxygen atoms in total. The van der Waals surface area contributed by atoms with E-state index in [1.807, 2.05) is 0 Å². The van der Waals surface area contributed by atoms with E-state index < -0.39 is 0 Å². The largest absolute Gasteiger partial charge is 0.393 e. The molecule has 4 N–H and O–H groups in total. The molecule has 118 valence electrons. The Hall–Kier alpha value is -0.160. The van der Waals surface area contributed by atoms with E-state index in [1.54, 1.807) is 0 Å². The van der Waals surface area contributed by atoms with E-state index >= 15 is 0 Å². The number of piperidine rings is 1. The van der Waals surface area contributed by atoms with E-state index in [2.05, 4.69) is 17.1 Å². The van der Waals surface area contributed by atoms with Crippen molar-refractivity contribution in [3.8, 4) is 0 Å². The molecule has 1 aliphatic heterocycles. The van der Waals surface area contributed by atoms with Gasteiger partial charge in [-0.25, -0.2) is 0 Å². The van der Waals surface area contributed by atoms with Crippen LogP contribution in [0.1, 0.15) is 45.4 Å². The Balaban J connectivity index is 1.82. The highest BCUT2D eigenvalue weighted by molar-refractivity contribution is 4.87. The second-order valence-electron chi connectivity index (χ2n) is 6.78. The quantitative estimate of drug-likeness (QED) is 0.657. The highest BCUT2D eigenvalue weighted by atomic mass is 16.3. The zero-order valence-electron chi connectivity index (χ0n) is 13.1. The first-order valence-electron chi connectivity index (χ1n) is 8.56. The molecule has 2 rings (SSSR count). The van der Waals surface area contributed by atoms with Crippen molar-refractivity contribution < 1.29 is 5.11 Å². The van der Waals surface area contributed by atoms with Crippen LogP contribution in [0.25, 0.3) is 0 Å². The summed E-state index contributed by atoms with van der Waals surface area (Å²) in [5, 5.41) is 13.9. The zero-order chi connectivity index (χ0) is 14.4. The molecule has 1 saturated heterocycles. The molecule has 2 fully saturated rings. The van der Waals surface area contributed by atoms with Crippen molar-refractivity contribution in [1.82, 2.24) is 10.2 Å². The van der Waals surface area contributed by atoms with E-state index in [4.69, 9.17) is 5.73 Å². The van der Waals surface area contributed by atoms with Gasteiger partial charge in [-0.3, -0.25) is 0 Å². The standard InChI is InChI=1S/C16H33N3O/c1-2-16(20)14-9-15(12-19(11-14)8-7-17)18-10-13-5-3-4-6-13/h13-16,18,20H,2-12,17H2,1H3. The average Bonchev–Trinajstić information content (AvgIpc) is 2.97. The summed E-state index contributed by atoms with van der Waals surface area (Å²) in [6.45, 7) is 7.01. The summed E-state index contributed by atoms with van der Waals surface area (Å²) in [7, 11) is 0. The lowest BCUT2D eigenvalue weighted by atomic mass is 9.88. The fourth-order valence-electron chi connectivity index (χ4n) is 3.91. The van der Waals surface area contributed by atoms with Crippen LogP contribution in [0, 0.1) is 11.8 Å². The van der Waals surface area contributed by atoms with Crippen molar-refractivity contribution in [2.75, 3.05) is 32.7 Å². The number of hydrogen-bond acceptors (Lipinski definition) is 4. The Kier molecular flexibility index (Phi) is 6.75. The molecule has 2 aliphatic rings. The molecular weight excluding hydrogens is 250 g/mol. The molecule has 20 heavy (non-hydrogen) atoms. The summed E-state index contributed by atoms with van der Waals surface area (Å²) in [6.07, 6.45) is 7.42. The van der Waals surface area contributed by atoms with Crippen LogP contribution in [-0.4, -0.2) is 54.9 Å². The summed E-state index contributed by atoms with van der Waals surface area (Å²) in [4.78, 5) is 2.43. The lowest BCUT2D eigenvalue weighted by Gasteiger charge is -2.40. The predicted octanol–water partition coefficient (Wildman–Crippen LogP) is 1.19. The molecule has 0 aromatic heterocycles. The minimum absolute atomic E-state index is 0.161. The van der Waals surface area contributed by atoms with Crippen LogP contribution in [0.3, 0.4) is 0 Å². The Morgan fingerprint density at radius 1 is 1.30 bits per heavy atom. The van der Waals surface area contributed by atoms with E-state index in [1.165, 1.54) is 25.7 Å². The van der Waals surface area contributed by atoms with Gasteiger partial charge in [-0.2, -0.15) is 0 Å². The van der Waals surface area contributed by atoms with E-state index in [0.29, 0.717) is 18.5 Å². The number of nitrogens with one attached hydrogen (secondary N) is 1. The second kappa shape index (κ2) is 8.32. The predicted molar refractivity (Wildman–Crippen MR) is 83.6 cm³/mol. The SMILES string of the molecule is CCC(O)C1CC(NCC2CCCC2)CN(CCN)C1. The molecule has 3 atom stereocenters. The van der Waals surface area contributed by atoms with Crippen LogP contribution >= 0.6 is 0 Å². The monoisotopic (exact) mass is 283 g/mol. The molecule has 3 unspecified atom stereocenters. The van der Waals surface area contributed by atoms with Crippen molar-refractivity contribution in [3.05, 3.63) is 0 Å². The van der Waals surface area contributed by atoms with E-state index in [9.17, 15) is 5.11 Å². The van der Waals surface area contributed by atoms with Crippen LogP contribution in [-0.2, 0) is 0 Å². The number of hydrogen-bond donors (Lipinski definition) is 3. The minimum atomic E-state index is -0.161. The van der Waals surface area contributed by atoms with Gasteiger partial charge in [-0.15, -0.1) is 0 Å². The van der Waals surface area contributed by atoms with Gasteiger partial charge in [0.05, 0.1) is 6.10 Å². The van der Waals surface area contributed by atoms with Gasteiger partial charge in [0.1, 0.15) is 0 Å². The van der Waals surface area contributed by atoms with E-state index in [-0.39, 0.29) is 6.10 Å². The molecule has 1 aliphatic carbocycles.